The maximum Gasteiger partial charge on any atom is 0.261 e. The van der Waals surface area contributed by atoms with E-state index < -0.39 is 6.10 Å². The standard InChI is InChI=1S/C19H23NO3/c1-4-22-17-10-7-9-16(12-17)13-20-19(21)15(3)23-18-11-6-5-8-14(18)2/h5-12,15H,4,13H2,1-3H3,(H,20,21). The Morgan fingerprint density at radius 3 is 2.70 bits per heavy atom. The molecule has 0 aliphatic carbocycles. The van der Waals surface area contributed by atoms with Crippen molar-refractivity contribution in [3.63, 3.8) is 0 Å². The van der Waals surface area contributed by atoms with E-state index in [0.29, 0.717) is 13.2 Å². The van der Waals surface area contributed by atoms with E-state index in [1.165, 1.54) is 0 Å². The van der Waals surface area contributed by atoms with E-state index in [2.05, 4.69) is 5.32 Å². The monoisotopic (exact) mass is 313 g/mol. The molecule has 0 fully saturated rings. The number of ether oxygens (including phenoxy) is 2. The highest BCUT2D eigenvalue weighted by molar-refractivity contribution is 5.80. The summed E-state index contributed by atoms with van der Waals surface area (Å²) in [7, 11) is 0. The third-order valence-corrected chi connectivity index (χ3v) is 3.44. The molecule has 4 nitrogen and oxygen atoms in total. The van der Waals surface area contributed by atoms with Gasteiger partial charge >= 0.3 is 0 Å². The summed E-state index contributed by atoms with van der Waals surface area (Å²) in [6.07, 6.45) is -0.550. The molecule has 23 heavy (non-hydrogen) atoms. The zero-order valence-corrected chi connectivity index (χ0v) is 13.8. The summed E-state index contributed by atoms with van der Waals surface area (Å²) >= 11 is 0. The van der Waals surface area contributed by atoms with Gasteiger partial charge in [0.1, 0.15) is 11.5 Å². The van der Waals surface area contributed by atoms with Gasteiger partial charge in [-0.3, -0.25) is 4.79 Å². The minimum atomic E-state index is -0.550. The van der Waals surface area contributed by atoms with Gasteiger partial charge in [0, 0.05) is 6.54 Å². The Hall–Kier alpha value is -2.49. The molecule has 0 spiro atoms. The largest absolute Gasteiger partial charge is 0.494 e. The Balaban J connectivity index is 1.89. The molecule has 122 valence electrons. The number of aryl methyl sites for hydroxylation is 1. The zero-order chi connectivity index (χ0) is 16.7. The van der Waals surface area contributed by atoms with E-state index in [4.69, 9.17) is 9.47 Å². The summed E-state index contributed by atoms with van der Waals surface area (Å²) in [6, 6.07) is 15.4. The first kappa shape index (κ1) is 16.9. The van der Waals surface area contributed by atoms with Crippen molar-refractivity contribution in [3.8, 4) is 11.5 Å². The third-order valence-electron chi connectivity index (χ3n) is 3.44. The molecule has 0 bridgehead atoms. The van der Waals surface area contributed by atoms with Gasteiger partial charge in [-0.25, -0.2) is 0 Å². The quantitative estimate of drug-likeness (QED) is 0.851. The molecule has 1 amide bonds. The molecule has 1 unspecified atom stereocenters. The first-order chi connectivity index (χ1) is 11.1. The van der Waals surface area contributed by atoms with Crippen molar-refractivity contribution in [1.82, 2.24) is 5.32 Å². The van der Waals surface area contributed by atoms with Crippen LogP contribution in [0.25, 0.3) is 0 Å². The average molecular weight is 313 g/mol. The Labute approximate surface area is 137 Å². The second-order valence-corrected chi connectivity index (χ2v) is 5.32. The van der Waals surface area contributed by atoms with Gasteiger partial charge in [0.05, 0.1) is 6.61 Å². The number of hydrogen-bond acceptors (Lipinski definition) is 3. The van der Waals surface area contributed by atoms with Gasteiger partial charge in [-0.2, -0.15) is 0 Å². The Morgan fingerprint density at radius 2 is 1.96 bits per heavy atom. The van der Waals surface area contributed by atoms with Crippen LogP contribution >= 0.6 is 0 Å². The predicted octanol–water partition coefficient (Wildman–Crippen LogP) is 3.48. The lowest BCUT2D eigenvalue weighted by Gasteiger charge is -2.16. The Kier molecular flexibility index (Phi) is 6.03. The molecule has 2 aromatic carbocycles. The molecule has 4 heteroatoms. The van der Waals surface area contributed by atoms with Crippen LogP contribution in [0.2, 0.25) is 0 Å². The highest BCUT2D eigenvalue weighted by Gasteiger charge is 2.15. The van der Waals surface area contributed by atoms with Gasteiger partial charge in [0.15, 0.2) is 6.10 Å². The summed E-state index contributed by atoms with van der Waals surface area (Å²) in [5.41, 5.74) is 2.00. The van der Waals surface area contributed by atoms with Gasteiger partial charge in [-0.1, -0.05) is 30.3 Å². The van der Waals surface area contributed by atoms with Crippen molar-refractivity contribution < 1.29 is 14.3 Å². The second kappa shape index (κ2) is 8.22. The van der Waals surface area contributed by atoms with Crippen molar-refractivity contribution in [2.24, 2.45) is 0 Å². The van der Waals surface area contributed by atoms with Crippen molar-refractivity contribution >= 4 is 5.91 Å². The fourth-order valence-electron chi connectivity index (χ4n) is 2.18. The number of hydrogen-bond donors (Lipinski definition) is 1. The van der Waals surface area contributed by atoms with Crippen LogP contribution in [0.1, 0.15) is 25.0 Å². The summed E-state index contributed by atoms with van der Waals surface area (Å²) in [4.78, 5) is 12.2. The number of rotatable bonds is 7. The van der Waals surface area contributed by atoms with E-state index in [0.717, 1.165) is 22.6 Å². The van der Waals surface area contributed by atoms with Crippen LogP contribution in [0.3, 0.4) is 0 Å². The van der Waals surface area contributed by atoms with Crippen LogP contribution in [0.4, 0.5) is 0 Å². The first-order valence-corrected chi connectivity index (χ1v) is 7.82. The molecular weight excluding hydrogens is 290 g/mol. The predicted molar refractivity (Wildman–Crippen MR) is 90.7 cm³/mol. The van der Waals surface area contributed by atoms with E-state index in [1.807, 2.05) is 62.4 Å². The van der Waals surface area contributed by atoms with E-state index in [1.54, 1.807) is 6.92 Å². The lowest BCUT2D eigenvalue weighted by Crippen LogP contribution is -2.36. The van der Waals surface area contributed by atoms with Crippen LogP contribution in [0.15, 0.2) is 48.5 Å². The van der Waals surface area contributed by atoms with Crippen LogP contribution in [0.5, 0.6) is 11.5 Å². The molecule has 0 aliphatic rings. The molecule has 0 saturated heterocycles. The lowest BCUT2D eigenvalue weighted by molar-refractivity contribution is -0.127. The van der Waals surface area contributed by atoms with Gasteiger partial charge in [0.2, 0.25) is 0 Å². The number of nitrogens with one attached hydrogen (secondary N) is 1. The van der Waals surface area contributed by atoms with Gasteiger partial charge in [-0.05, 0) is 50.1 Å². The maximum atomic E-state index is 12.2. The molecule has 0 aromatic heterocycles. The summed E-state index contributed by atoms with van der Waals surface area (Å²) in [5.74, 6) is 1.40. The van der Waals surface area contributed by atoms with Gasteiger partial charge in [-0.15, -0.1) is 0 Å². The molecule has 0 saturated carbocycles. The Bertz CT molecular complexity index is 655. The third kappa shape index (κ3) is 5.02. The molecular formula is C19H23NO3. The normalized spacial score (nSPS) is 11.6. The summed E-state index contributed by atoms with van der Waals surface area (Å²) in [5, 5.41) is 2.89. The number of benzene rings is 2. The fraction of sp³-hybridized carbons (Fsp3) is 0.316. The van der Waals surface area contributed by atoms with Gasteiger partial charge in [0.25, 0.3) is 5.91 Å². The molecule has 0 aliphatic heterocycles. The number of para-hydroxylation sites is 1. The molecule has 0 heterocycles. The van der Waals surface area contributed by atoms with Crippen molar-refractivity contribution in [3.05, 3.63) is 59.7 Å². The molecule has 2 aromatic rings. The highest BCUT2D eigenvalue weighted by atomic mass is 16.5. The minimum Gasteiger partial charge on any atom is -0.494 e. The second-order valence-electron chi connectivity index (χ2n) is 5.32. The smallest absolute Gasteiger partial charge is 0.261 e. The van der Waals surface area contributed by atoms with E-state index >= 15 is 0 Å². The SMILES string of the molecule is CCOc1cccc(CNC(=O)C(C)Oc2ccccc2C)c1. The average Bonchev–Trinajstić information content (AvgIpc) is 2.55. The molecule has 1 N–H and O–H groups in total. The molecule has 0 radical (unpaired) electrons. The maximum absolute atomic E-state index is 12.2. The zero-order valence-electron chi connectivity index (χ0n) is 13.8. The van der Waals surface area contributed by atoms with Crippen LogP contribution in [-0.4, -0.2) is 18.6 Å². The summed E-state index contributed by atoms with van der Waals surface area (Å²) in [6.45, 7) is 6.72. The minimum absolute atomic E-state index is 0.143. The number of carbonyl (C=O) groups is 1. The van der Waals surface area contributed by atoms with Crippen molar-refractivity contribution in [2.45, 2.75) is 33.4 Å². The fourth-order valence-corrected chi connectivity index (χ4v) is 2.18. The first-order valence-electron chi connectivity index (χ1n) is 7.82. The summed E-state index contributed by atoms with van der Waals surface area (Å²) < 4.78 is 11.2. The number of carbonyl (C=O) groups excluding carboxylic acids is 1. The Morgan fingerprint density at radius 1 is 1.17 bits per heavy atom. The van der Waals surface area contributed by atoms with Crippen molar-refractivity contribution in [1.29, 1.82) is 0 Å². The molecule has 2 rings (SSSR count). The highest BCUT2D eigenvalue weighted by Crippen LogP contribution is 2.18. The number of amides is 1. The van der Waals surface area contributed by atoms with Crippen LogP contribution in [0, 0.1) is 6.92 Å². The topological polar surface area (TPSA) is 47.6 Å². The molecule has 1 atom stereocenters. The van der Waals surface area contributed by atoms with E-state index in [9.17, 15) is 4.79 Å². The van der Waals surface area contributed by atoms with Crippen LogP contribution < -0.4 is 14.8 Å². The van der Waals surface area contributed by atoms with E-state index in [-0.39, 0.29) is 5.91 Å². The lowest BCUT2D eigenvalue weighted by atomic mass is 10.2. The van der Waals surface area contributed by atoms with Gasteiger partial charge < -0.3 is 14.8 Å². The van der Waals surface area contributed by atoms with Crippen LogP contribution in [-0.2, 0) is 11.3 Å². The van der Waals surface area contributed by atoms with Crippen molar-refractivity contribution in [2.75, 3.05) is 6.61 Å².